The molecule has 4 atom stereocenters. The number of halogens is 1. The van der Waals surface area contributed by atoms with E-state index in [1.807, 2.05) is 51.5 Å². The minimum atomic E-state index is -0.937. The van der Waals surface area contributed by atoms with E-state index in [0.29, 0.717) is 50.7 Å². The zero-order valence-corrected chi connectivity index (χ0v) is 49.8. The fraction of sp³-hybridized carbons (Fsp3) is 0.904. The van der Waals surface area contributed by atoms with Crippen LogP contribution in [0.5, 0.6) is 0 Å². The molecule has 0 aromatic rings. The van der Waals surface area contributed by atoms with Gasteiger partial charge in [-0.25, -0.2) is 0 Å². The molecular weight excluding hydrogens is 1080 g/mol. The third kappa shape index (κ3) is 44.9. The number of ether oxygens (including phenoxy) is 6. The average molecular weight is 1180 g/mol. The van der Waals surface area contributed by atoms with E-state index in [-0.39, 0.29) is 94.6 Å². The van der Waals surface area contributed by atoms with Crippen LogP contribution in [0.2, 0.25) is 0 Å². The molecule has 0 aromatic carbocycles. The molecule has 0 saturated heterocycles. The SMILES string of the molecule is CCCCCCSCC(C)C(=O)OCCOC(=O)CCN(CCCN(C)C)CCCN(CCC(=O)OCCOC(=O)C(C)CSCCCCCC)CCC(=O)OCCOC(O)C(C)CSCCCCCI. The monoisotopic (exact) mass is 1180 g/mol. The number of hydrogen-bond acceptors (Lipinski definition) is 18. The number of esters is 5. The first kappa shape index (κ1) is 69.9. The van der Waals surface area contributed by atoms with Crippen LogP contribution in [0.1, 0.15) is 137 Å². The number of nitrogens with zero attached hydrogens (tertiary/aromatic N) is 3. The van der Waals surface area contributed by atoms with Crippen molar-refractivity contribution in [3.05, 3.63) is 0 Å². The number of unbranched alkanes of at least 4 members (excludes halogenated alkanes) is 8. The fourth-order valence-corrected chi connectivity index (χ4v) is 10.7. The van der Waals surface area contributed by atoms with Gasteiger partial charge >= 0.3 is 29.8 Å². The number of aliphatic hydroxyl groups excluding tert-OH is 1. The number of thioether (sulfide) groups is 3. The van der Waals surface area contributed by atoms with Gasteiger partial charge in [0.1, 0.15) is 33.0 Å². The van der Waals surface area contributed by atoms with Crippen LogP contribution in [0.4, 0.5) is 0 Å². The molecule has 0 rings (SSSR count). The quantitative estimate of drug-likeness (QED) is 0.0153. The molecule has 0 bridgehead atoms. The summed E-state index contributed by atoms with van der Waals surface area (Å²) in [6.45, 7) is 14.2. The molecule has 0 saturated carbocycles. The predicted octanol–water partition coefficient (Wildman–Crippen LogP) is 9.03. The number of aliphatic hydroxyl groups is 1. The van der Waals surface area contributed by atoms with E-state index in [1.165, 1.54) is 62.2 Å². The molecule has 0 aromatic heterocycles. The Kier molecular flexibility index (Phi) is 49.0. The van der Waals surface area contributed by atoms with Gasteiger partial charge in [0.05, 0.1) is 37.7 Å². The first-order valence-corrected chi connectivity index (χ1v) is 31.7. The van der Waals surface area contributed by atoms with Crippen LogP contribution in [0.25, 0.3) is 0 Å². The Labute approximate surface area is 457 Å². The smallest absolute Gasteiger partial charge is 0.309 e. The van der Waals surface area contributed by atoms with Crippen molar-refractivity contribution in [3.8, 4) is 0 Å². The average Bonchev–Trinajstić information content (AvgIpc) is 3.35. The molecule has 0 aliphatic heterocycles. The lowest BCUT2D eigenvalue weighted by atomic mass is 10.2. The Morgan fingerprint density at radius 3 is 1.28 bits per heavy atom. The van der Waals surface area contributed by atoms with Crippen molar-refractivity contribution in [2.24, 2.45) is 17.8 Å². The highest BCUT2D eigenvalue weighted by molar-refractivity contribution is 14.1. The lowest BCUT2D eigenvalue weighted by molar-refractivity contribution is -0.156. The van der Waals surface area contributed by atoms with Gasteiger partial charge in [-0.15, -0.1) is 0 Å². The number of carbonyl (C=O) groups excluding carboxylic acids is 5. The molecule has 1 N–H and O–H groups in total. The lowest BCUT2D eigenvalue weighted by Crippen LogP contribution is -2.35. The maximum atomic E-state index is 12.9. The maximum absolute atomic E-state index is 12.9. The summed E-state index contributed by atoms with van der Waals surface area (Å²) in [7, 11) is 4.05. The highest BCUT2D eigenvalue weighted by Gasteiger charge is 2.19. The molecule has 4 unspecified atom stereocenters. The van der Waals surface area contributed by atoms with Gasteiger partial charge in [-0.2, -0.15) is 35.3 Å². The van der Waals surface area contributed by atoms with E-state index >= 15 is 0 Å². The molecule has 71 heavy (non-hydrogen) atoms. The van der Waals surface area contributed by atoms with Crippen molar-refractivity contribution in [3.63, 3.8) is 0 Å². The van der Waals surface area contributed by atoms with E-state index in [4.69, 9.17) is 28.4 Å². The Morgan fingerprint density at radius 1 is 0.479 bits per heavy atom. The summed E-state index contributed by atoms with van der Waals surface area (Å²) in [5.74, 6) is 3.06. The van der Waals surface area contributed by atoms with Crippen molar-refractivity contribution in [1.29, 1.82) is 0 Å². The van der Waals surface area contributed by atoms with Crippen LogP contribution in [0.3, 0.4) is 0 Å². The van der Waals surface area contributed by atoms with Crippen LogP contribution in [-0.4, -0.2) is 194 Å². The third-order valence-electron chi connectivity index (χ3n) is 11.4. The Hall–Kier alpha value is -1.07. The summed E-state index contributed by atoms with van der Waals surface area (Å²) >= 11 is 7.75. The van der Waals surface area contributed by atoms with Gasteiger partial charge in [0.25, 0.3) is 0 Å². The number of alkyl halides is 1. The Bertz CT molecular complexity index is 1330. The first-order valence-electron chi connectivity index (χ1n) is 26.7. The number of carbonyl (C=O) groups is 5. The highest BCUT2D eigenvalue weighted by Crippen LogP contribution is 2.17. The van der Waals surface area contributed by atoms with E-state index < -0.39 is 18.2 Å². The van der Waals surface area contributed by atoms with E-state index in [0.717, 1.165) is 55.4 Å². The summed E-state index contributed by atoms with van der Waals surface area (Å²) in [6, 6.07) is 0. The molecule has 0 fully saturated rings. The lowest BCUT2D eigenvalue weighted by Gasteiger charge is -2.26. The zero-order chi connectivity index (χ0) is 52.7. The molecule has 418 valence electrons. The molecular formula is C52H98IN3O12S3. The van der Waals surface area contributed by atoms with Crippen molar-refractivity contribution in [1.82, 2.24) is 14.7 Å². The minimum absolute atomic E-state index is 0.00817. The van der Waals surface area contributed by atoms with E-state index in [1.54, 1.807) is 23.5 Å². The highest BCUT2D eigenvalue weighted by atomic mass is 127. The number of rotatable bonds is 51. The summed E-state index contributed by atoms with van der Waals surface area (Å²) in [6.07, 6.45) is 14.2. The second-order valence-corrected chi connectivity index (χ2v) is 23.1. The van der Waals surface area contributed by atoms with Crippen molar-refractivity contribution in [2.45, 2.75) is 144 Å². The van der Waals surface area contributed by atoms with Crippen molar-refractivity contribution in [2.75, 3.05) is 138 Å². The van der Waals surface area contributed by atoms with Crippen LogP contribution in [-0.2, 0) is 52.4 Å². The van der Waals surface area contributed by atoms with Gasteiger partial charge in [-0.05, 0) is 100 Å². The van der Waals surface area contributed by atoms with Crippen LogP contribution in [0, 0.1) is 17.8 Å². The van der Waals surface area contributed by atoms with E-state index in [9.17, 15) is 29.1 Å². The normalized spacial score (nSPS) is 13.3. The molecule has 0 heterocycles. The molecule has 15 nitrogen and oxygen atoms in total. The summed E-state index contributed by atoms with van der Waals surface area (Å²) in [5.41, 5.74) is 0. The predicted molar refractivity (Wildman–Crippen MR) is 302 cm³/mol. The zero-order valence-electron chi connectivity index (χ0n) is 45.1. The largest absolute Gasteiger partial charge is 0.463 e. The summed E-state index contributed by atoms with van der Waals surface area (Å²) in [4.78, 5) is 69.7. The second-order valence-electron chi connectivity index (χ2n) is 18.6. The van der Waals surface area contributed by atoms with Gasteiger partial charge in [-0.3, -0.25) is 24.0 Å². The van der Waals surface area contributed by atoms with Gasteiger partial charge in [-0.1, -0.05) is 102 Å². The van der Waals surface area contributed by atoms with Crippen LogP contribution < -0.4 is 0 Å². The topological polar surface area (TPSA) is 171 Å². The Morgan fingerprint density at radius 2 is 0.859 bits per heavy atom. The summed E-state index contributed by atoms with van der Waals surface area (Å²) < 4.78 is 33.8. The first-order chi connectivity index (χ1) is 34.2. The van der Waals surface area contributed by atoms with Crippen molar-refractivity contribution >= 4 is 87.7 Å². The van der Waals surface area contributed by atoms with Gasteiger partial charge in [0, 0.05) is 42.8 Å². The molecule has 0 spiro atoms. The second kappa shape index (κ2) is 49.8. The molecule has 0 aliphatic rings. The maximum Gasteiger partial charge on any atom is 0.309 e. The van der Waals surface area contributed by atoms with Crippen LogP contribution >= 0.6 is 57.9 Å². The third-order valence-corrected chi connectivity index (χ3v) is 16.1. The Balaban J connectivity index is 5.16. The molecule has 19 heteroatoms. The number of hydrogen-bond donors (Lipinski definition) is 1. The molecule has 0 radical (unpaired) electrons. The standard InChI is InChI=1S/C52H98IN3O12S3/c1-8-10-12-16-38-69-41-44(3)50(60)66-35-32-63-47(57)21-29-55(26-19-25-54(6)7)27-20-28-56(30-22-48(58)64-33-36-67-51(61)45(4)42-70-39-17-13-11-9-2)31-23-49(59)65-34-37-68-52(62)46(5)43-71-40-18-14-15-24-53/h44-46,52,62H,8-43H2,1-7H3. The fourth-order valence-electron chi connectivity index (χ4n) is 6.88. The molecule has 0 aliphatic carbocycles. The minimum Gasteiger partial charge on any atom is -0.463 e. The van der Waals surface area contributed by atoms with Gasteiger partial charge in [0.15, 0.2) is 6.29 Å². The van der Waals surface area contributed by atoms with Crippen LogP contribution in [0.15, 0.2) is 0 Å². The van der Waals surface area contributed by atoms with Gasteiger partial charge < -0.3 is 48.2 Å². The van der Waals surface area contributed by atoms with Crippen molar-refractivity contribution < 1.29 is 57.5 Å². The van der Waals surface area contributed by atoms with E-state index in [2.05, 4.69) is 46.2 Å². The van der Waals surface area contributed by atoms with Gasteiger partial charge in [0.2, 0.25) is 0 Å². The molecule has 0 amide bonds. The summed E-state index contributed by atoms with van der Waals surface area (Å²) in [5, 5.41) is 10.5.